The summed E-state index contributed by atoms with van der Waals surface area (Å²) < 4.78 is 6.11. The topological polar surface area (TPSA) is 64.3 Å². The molecule has 14 heavy (non-hydrogen) atoms. The van der Waals surface area contributed by atoms with E-state index in [1.165, 1.54) is 7.11 Å². The Bertz CT molecular complexity index is 309. The molecule has 0 spiro atoms. The van der Waals surface area contributed by atoms with Gasteiger partial charge in [0.1, 0.15) is 6.10 Å². The largest absolute Gasteiger partial charge is 0.469 e. The Morgan fingerprint density at radius 1 is 1.79 bits per heavy atom. The molecule has 0 saturated heterocycles. The summed E-state index contributed by atoms with van der Waals surface area (Å²) >= 11 is 0. The van der Waals surface area contributed by atoms with E-state index in [1.807, 2.05) is 6.92 Å². The summed E-state index contributed by atoms with van der Waals surface area (Å²) in [6.07, 6.45) is 0.714. The van der Waals surface area contributed by atoms with E-state index in [0.29, 0.717) is 12.2 Å². The summed E-state index contributed by atoms with van der Waals surface area (Å²) in [7, 11) is 1.30. The van der Waals surface area contributed by atoms with Crippen LogP contribution in [0.1, 0.15) is 25.1 Å². The van der Waals surface area contributed by atoms with E-state index < -0.39 is 12.1 Å². The number of hydrogen-bond donors (Lipinski definition) is 1. The lowest BCUT2D eigenvalue weighted by Gasteiger charge is -2.10. The van der Waals surface area contributed by atoms with Gasteiger partial charge in [-0.3, -0.25) is 9.48 Å². The standard InChI is InChI=1S/C9H14N2O3/c1-3-11-7(4-5-10-11)8(12)6-9(13)14-2/h4-5,8,12H,3,6H2,1-2H3/t8-/m0/s1. The number of aliphatic hydroxyl groups is 1. The van der Waals surface area contributed by atoms with Crippen LogP contribution >= 0.6 is 0 Å². The number of nitrogens with zero attached hydrogens (tertiary/aromatic N) is 2. The molecule has 0 amide bonds. The number of esters is 1. The normalized spacial score (nSPS) is 12.5. The first-order valence-corrected chi connectivity index (χ1v) is 4.45. The molecule has 0 aliphatic heterocycles. The summed E-state index contributed by atoms with van der Waals surface area (Å²) in [6, 6.07) is 1.69. The first kappa shape index (κ1) is 10.7. The van der Waals surface area contributed by atoms with Crippen LogP contribution in [0.15, 0.2) is 12.3 Å². The van der Waals surface area contributed by atoms with E-state index >= 15 is 0 Å². The van der Waals surface area contributed by atoms with Gasteiger partial charge in [0.15, 0.2) is 0 Å². The van der Waals surface area contributed by atoms with Crippen molar-refractivity contribution < 1.29 is 14.6 Å². The maximum Gasteiger partial charge on any atom is 0.308 e. The molecular weight excluding hydrogens is 184 g/mol. The minimum absolute atomic E-state index is 0.0395. The Morgan fingerprint density at radius 2 is 2.50 bits per heavy atom. The second-order valence-electron chi connectivity index (χ2n) is 2.87. The van der Waals surface area contributed by atoms with Gasteiger partial charge >= 0.3 is 5.97 Å². The van der Waals surface area contributed by atoms with Crippen LogP contribution in [0.4, 0.5) is 0 Å². The van der Waals surface area contributed by atoms with Crippen molar-refractivity contribution in [3.63, 3.8) is 0 Å². The number of ether oxygens (including phenoxy) is 1. The number of carbonyl (C=O) groups is 1. The van der Waals surface area contributed by atoms with Crippen LogP contribution in [0.5, 0.6) is 0 Å². The molecule has 0 saturated carbocycles. The van der Waals surface area contributed by atoms with E-state index in [4.69, 9.17) is 0 Å². The van der Waals surface area contributed by atoms with E-state index in [1.54, 1.807) is 16.9 Å². The Balaban J connectivity index is 2.68. The number of aliphatic hydroxyl groups excluding tert-OH is 1. The molecule has 1 atom stereocenters. The molecule has 0 unspecified atom stereocenters. The second-order valence-corrected chi connectivity index (χ2v) is 2.87. The Labute approximate surface area is 82.3 Å². The van der Waals surface area contributed by atoms with Crippen LogP contribution in [0, 0.1) is 0 Å². The summed E-state index contributed by atoms with van der Waals surface area (Å²) in [5, 5.41) is 13.7. The molecule has 0 fully saturated rings. The zero-order chi connectivity index (χ0) is 10.6. The summed E-state index contributed by atoms with van der Waals surface area (Å²) in [6.45, 7) is 2.59. The van der Waals surface area contributed by atoms with Crippen LogP contribution in [-0.4, -0.2) is 28.0 Å². The molecule has 1 rings (SSSR count). The average Bonchev–Trinajstić information content (AvgIpc) is 2.65. The first-order chi connectivity index (χ1) is 6.69. The molecule has 0 bridgehead atoms. The van der Waals surface area contributed by atoms with Crippen molar-refractivity contribution in [2.45, 2.75) is 26.0 Å². The summed E-state index contributed by atoms with van der Waals surface area (Å²) in [5.41, 5.74) is 0.637. The number of methoxy groups -OCH3 is 1. The fourth-order valence-corrected chi connectivity index (χ4v) is 1.24. The third-order valence-electron chi connectivity index (χ3n) is 1.98. The summed E-state index contributed by atoms with van der Waals surface area (Å²) in [5.74, 6) is -0.429. The fourth-order valence-electron chi connectivity index (χ4n) is 1.24. The highest BCUT2D eigenvalue weighted by Gasteiger charge is 2.16. The molecule has 0 aliphatic rings. The molecule has 1 heterocycles. The van der Waals surface area contributed by atoms with E-state index in [2.05, 4.69) is 9.84 Å². The number of carbonyl (C=O) groups excluding carboxylic acids is 1. The van der Waals surface area contributed by atoms with Crippen LogP contribution in [0.25, 0.3) is 0 Å². The van der Waals surface area contributed by atoms with Crippen molar-refractivity contribution in [1.29, 1.82) is 0 Å². The number of aryl methyl sites for hydroxylation is 1. The maximum absolute atomic E-state index is 10.9. The minimum Gasteiger partial charge on any atom is -0.469 e. The molecule has 0 aromatic carbocycles. The molecule has 0 radical (unpaired) electrons. The number of aromatic nitrogens is 2. The third-order valence-corrected chi connectivity index (χ3v) is 1.98. The Morgan fingerprint density at radius 3 is 3.07 bits per heavy atom. The zero-order valence-corrected chi connectivity index (χ0v) is 8.30. The first-order valence-electron chi connectivity index (χ1n) is 4.45. The number of hydrogen-bond acceptors (Lipinski definition) is 4. The molecule has 1 aromatic rings. The van der Waals surface area contributed by atoms with Gasteiger partial charge in [-0.1, -0.05) is 0 Å². The van der Waals surface area contributed by atoms with E-state index in [-0.39, 0.29) is 6.42 Å². The minimum atomic E-state index is -0.843. The lowest BCUT2D eigenvalue weighted by Crippen LogP contribution is -2.12. The average molecular weight is 198 g/mol. The molecule has 1 N–H and O–H groups in total. The van der Waals surface area contributed by atoms with Crippen LogP contribution in [-0.2, 0) is 16.1 Å². The van der Waals surface area contributed by atoms with Crippen molar-refractivity contribution in [3.8, 4) is 0 Å². The predicted octanol–water partition coefficient (Wildman–Crippen LogP) is 0.499. The van der Waals surface area contributed by atoms with Gasteiger partial charge in [0.2, 0.25) is 0 Å². The van der Waals surface area contributed by atoms with Crippen LogP contribution in [0.3, 0.4) is 0 Å². The van der Waals surface area contributed by atoms with Crippen molar-refractivity contribution in [2.24, 2.45) is 0 Å². The molecule has 5 nitrogen and oxygen atoms in total. The lowest BCUT2D eigenvalue weighted by atomic mass is 10.2. The highest BCUT2D eigenvalue weighted by atomic mass is 16.5. The predicted molar refractivity (Wildman–Crippen MR) is 49.5 cm³/mol. The molecule has 1 aromatic heterocycles. The SMILES string of the molecule is CCn1nccc1[C@@H](O)CC(=O)OC. The van der Waals surface area contributed by atoms with E-state index in [0.717, 1.165) is 0 Å². The van der Waals surface area contributed by atoms with Crippen LogP contribution in [0.2, 0.25) is 0 Å². The van der Waals surface area contributed by atoms with Crippen molar-refractivity contribution in [2.75, 3.05) is 7.11 Å². The van der Waals surface area contributed by atoms with Crippen LogP contribution < -0.4 is 0 Å². The van der Waals surface area contributed by atoms with Gasteiger partial charge in [-0.2, -0.15) is 5.10 Å². The second kappa shape index (κ2) is 4.76. The van der Waals surface area contributed by atoms with E-state index in [9.17, 15) is 9.90 Å². The van der Waals surface area contributed by atoms with Gasteiger partial charge < -0.3 is 9.84 Å². The highest BCUT2D eigenvalue weighted by molar-refractivity contribution is 5.69. The Kier molecular flexibility index (Phi) is 3.64. The van der Waals surface area contributed by atoms with Crippen molar-refractivity contribution in [3.05, 3.63) is 18.0 Å². The van der Waals surface area contributed by atoms with Gasteiger partial charge in [0.25, 0.3) is 0 Å². The van der Waals surface area contributed by atoms with Crippen molar-refractivity contribution in [1.82, 2.24) is 9.78 Å². The number of rotatable bonds is 4. The van der Waals surface area contributed by atoms with Gasteiger partial charge in [0, 0.05) is 12.7 Å². The van der Waals surface area contributed by atoms with Gasteiger partial charge in [-0.05, 0) is 13.0 Å². The molecular formula is C9H14N2O3. The zero-order valence-electron chi connectivity index (χ0n) is 8.30. The molecule has 78 valence electrons. The fraction of sp³-hybridized carbons (Fsp3) is 0.556. The lowest BCUT2D eigenvalue weighted by molar-refractivity contribution is -0.143. The summed E-state index contributed by atoms with van der Waals surface area (Å²) in [4.78, 5) is 10.9. The monoisotopic (exact) mass is 198 g/mol. The van der Waals surface area contributed by atoms with Gasteiger partial charge in [0.05, 0.1) is 19.2 Å². The quantitative estimate of drug-likeness (QED) is 0.715. The maximum atomic E-state index is 10.9. The van der Waals surface area contributed by atoms with Crippen molar-refractivity contribution >= 4 is 5.97 Å². The Hall–Kier alpha value is -1.36. The smallest absolute Gasteiger partial charge is 0.308 e. The van der Waals surface area contributed by atoms with Gasteiger partial charge in [-0.15, -0.1) is 0 Å². The van der Waals surface area contributed by atoms with Gasteiger partial charge in [-0.25, -0.2) is 0 Å². The molecule has 0 aliphatic carbocycles. The highest BCUT2D eigenvalue weighted by Crippen LogP contribution is 2.16. The molecule has 5 heteroatoms. The third kappa shape index (κ3) is 2.32.